The van der Waals surface area contributed by atoms with E-state index in [0.717, 1.165) is 0 Å². The molecule has 1 amide bonds. The highest BCUT2D eigenvalue weighted by molar-refractivity contribution is 6.34. The lowest BCUT2D eigenvalue weighted by Gasteiger charge is -2.10. The lowest BCUT2D eigenvalue weighted by atomic mass is 10.2. The predicted molar refractivity (Wildman–Crippen MR) is 86.5 cm³/mol. The molecule has 7 heteroatoms. The van der Waals surface area contributed by atoms with Crippen molar-refractivity contribution in [2.75, 3.05) is 17.7 Å². The minimum Gasteiger partial charge on any atom is -0.482 e. The second kappa shape index (κ2) is 6.89. The second-order valence-corrected chi connectivity index (χ2v) is 5.42. The Kier molecular flexibility index (Phi) is 5.17. The number of rotatable bonds is 4. The van der Waals surface area contributed by atoms with Crippen LogP contribution >= 0.6 is 34.8 Å². The number of benzene rings is 2. The van der Waals surface area contributed by atoms with Gasteiger partial charge >= 0.3 is 0 Å². The lowest BCUT2D eigenvalue weighted by molar-refractivity contribution is -0.118. The summed E-state index contributed by atoms with van der Waals surface area (Å²) >= 11 is 17.6. The number of halogens is 3. The van der Waals surface area contributed by atoms with Crippen molar-refractivity contribution in [1.29, 1.82) is 0 Å². The molecule has 0 unspecified atom stereocenters. The normalized spacial score (nSPS) is 10.2. The summed E-state index contributed by atoms with van der Waals surface area (Å²) < 4.78 is 5.32. The van der Waals surface area contributed by atoms with E-state index in [1.165, 1.54) is 6.07 Å². The van der Waals surface area contributed by atoms with Gasteiger partial charge in [-0.1, -0.05) is 34.8 Å². The maximum atomic E-state index is 11.8. The Morgan fingerprint density at radius 1 is 1.10 bits per heavy atom. The van der Waals surface area contributed by atoms with Gasteiger partial charge in [0.25, 0.3) is 5.91 Å². The zero-order chi connectivity index (χ0) is 15.4. The molecule has 0 aliphatic rings. The highest BCUT2D eigenvalue weighted by Crippen LogP contribution is 2.28. The Hall–Kier alpha value is -1.62. The molecule has 4 nitrogen and oxygen atoms in total. The first-order valence-electron chi connectivity index (χ1n) is 5.88. The quantitative estimate of drug-likeness (QED) is 0.814. The van der Waals surface area contributed by atoms with Crippen molar-refractivity contribution < 1.29 is 9.53 Å². The lowest BCUT2D eigenvalue weighted by Crippen LogP contribution is -2.20. The van der Waals surface area contributed by atoms with Crippen molar-refractivity contribution in [2.45, 2.75) is 0 Å². The summed E-state index contributed by atoms with van der Waals surface area (Å²) in [7, 11) is 0. The fraction of sp³-hybridized carbons (Fsp3) is 0.0714. The highest BCUT2D eigenvalue weighted by atomic mass is 35.5. The van der Waals surface area contributed by atoms with Crippen molar-refractivity contribution in [2.24, 2.45) is 0 Å². The Labute approximate surface area is 136 Å². The molecule has 2 rings (SSSR count). The number of carbonyl (C=O) groups excluding carboxylic acids is 1. The van der Waals surface area contributed by atoms with Gasteiger partial charge in [-0.2, -0.15) is 0 Å². The average molecular weight is 346 g/mol. The molecule has 0 saturated carbocycles. The largest absolute Gasteiger partial charge is 0.482 e. The van der Waals surface area contributed by atoms with Gasteiger partial charge in [-0.05, 0) is 30.3 Å². The molecule has 0 aliphatic carbocycles. The van der Waals surface area contributed by atoms with Crippen LogP contribution in [0.4, 0.5) is 11.4 Å². The Morgan fingerprint density at radius 2 is 1.76 bits per heavy atom. The molecule has 0 atom stereocenters. The standard InChI is InChI=1S/C14H11Cl3N2O2/c15-8-2-4-11(18)12(5-8)19-14(20)7-21-13-6-9(16)1-3-10(13)17/h1-6H,7,18H2,(H,19,20). The molecule has 2 aromatic carbocycles. The highest BCUT2D eigenvalue weighted by Gasteiger charge is 2.09. The molecular formula is C14H11Cl3N2O2. The van der Waals surface area contributed by atoms with Crippen LogP contribution in [0.3, 0.4) is 0 Å². The second-order valence-electron chi connectivity index (χ2n) is 4.14. The van der Waals surface area contributed by atoms with E-state index in [9.17, 15) is 4.79 Å². The van der Waals surface area contributed by atoms with Gasteiger partial charge in [-0.15, -0.1) is 0 Å². The predicted octanol–water partition coefficient (Wildman–Crippen LogP) is 4.25. The van der Waals surface area contributed by atoms with Crippen LogP contribution in [-0.2, 0) is 4.79 Å². The summed E-state index contributed by atoms with van der Waals surface area (Å²) in [4.78, 5) is 11.8. The molecule has 0 fully saturated rings. The Morgan fingerprint density at radius 3 is 2.52 bits per heavy atom. The number of nitrogen functional groups attached to an aromatic ring is 1. The van der Waals surface area contributed by atoms with Gasteiger partial charge < -0.3 is 15.8 Å². The van der Waals surface area contributed by atoms with E-state index in [2.05, 4.69) is 5.32 Å². The summed E-state index contributed by atoms with van der Waals surface area (Å²) in [5.74, 6) is -0.0570. The third-order valence-corrected chi connectivity index (χ3v) is 3.32. The number of hydrogen-bond donors (Lipinski definition) is 2. The van der Waals surface area contributed by atoms with Gasteiger partial charge in [0, 0.05) is 16.1 Å². The molecule has 0 spiro atoms. The van der Waals surface area contributed by atoms with Crippen LogP contribution in [-0.4, -0.2) is 12.5 Å². The fourth-order valence-electron chi connectivity index (χ4n) is 1.55. The average Bonchev–Trinajstić information content (AvgIpc) is 2.44. The summed E-state index contributed by atoms with van der Waals surface area (Å²) in [6.45, 7) is -0.230. The molecule has 21 heavy (non-hydrogen) atoms. The van der Waals surface area contributed by atoms with Crippen LogP contribution < -0.4 is 15.8 Å². The number of carbonyl (C=O) groups is 1. The maximum Gasteiger partial charge on any atom is 0.262 e. The molecule has 0 bridgehead atoms. The maximum absolute atomic E-state index is 11.8. The van der Waals surface area contributed by atoms with E-state index in [-0.39, 0.29) is 12.5 Å². The van der Waals surface area contributed by atoms with Crippen LogP contribution in [0, 0.1) is 0 Å². The molecule has 0 aliphatic heterocycles. The summed E-state index contributed by atoms with van der Waals surface area (Å²) in [6.07, 6.45) is 0. The van der Waals surface area contributed by atoms with Crippen molar-refractivity contribution in [1.82, 2.24) is 0 Å². The molecule has 3 N–H and O–H groups in total. The van der Waals surface area contributed by atoms with Crippen molar-refractivity contribution in [3.05, 3.63) is 51.5 Å². The van der Waals surface area contributed by atoms with Gasteiger partial charge in [0.05, 0.1) is 16.4 Å². The molecule has 2 aromatic rings. The smallest absolute Gasteiger partial charge is 0.262 e. The first-order chi connectivity index (χ1) is 9.95. The monoisotopic (exact) mass is 344 g/mol. The minimum absolute atomic E-state index is 0.230. The van der Waals surface area contributed by atoms with E-state index in [0.29, 0.717) is 32.2 Å². The molecule has 0 heterocycles. The van der Waals surface area contributed by atoms with Gasteiger partial charge in [-0.3, -0.25) is 4.79 Å². The minimum atomic E-state index is -0.389. The third kappa shape index (κ3) is 4.43. The number of ether oxygens (including phenoxy) is 1. The van der Waals surface area contributed by atoms with E-state index >= 15 is 0 Å². The first-order valence-corrected chi connectivity index (χ1v) is 7.02. The van der Waals surface area contributed by atoms with Gasteiger partial charge in [0.1, 0.15) is 5.75 Å². The number of nitrogens with one attached hydrogen (secondary N) is 1. The molecular weight excluding hydrogens is 335 g/mol. The van der Waals surface area contributed by atoms with E-state index < -0.39 is 0 Å². The van der Waals surface area contributed by atoms with Gasteiger partial charge in [-0.25, -0.2) is 0 Å². The Bertz CT molecular complexity index is 677. The van der Waals surface area contributed by atoms with E-state index in [1.807, 2.05) is 0 Å². The van der Waals surface area contributed by atoms with Crippen LogP contribution in [0.2, 0.25) is 15.1 Å². The number of hydrogen-bond acceptors (Lipinski definition) is 3. The summed E-state index contributed by atoms with van der Waals surface area (Å²) in [5.41, 5.74) is 6.57. The SMILES string of the molecule is Nc1ccc(Cl)cc1NC(=O)COc1cc(Cl)ccc1Cl. The summed E-state index contributed by atoms with van der Waals surface area (Å²) in [5, 5.41) is 3.91. The van der Waals surface area contributed by atoms with Crippen molar-refractivity contribution in [3.63, 3.8) is 0 Å². The van der Waals surface area contributed by atoms with E-state index in [1.54, 1.807) is 30.3 Å². The number of amides is 1. The zero-order valence-corrected chi connectivity index (χ0v) is 13.0. The molecule has 0 saturated heterocycles. The van der Waals surface area contributed by atoms with Gasteiger partial charge in [0.15, 0.2) is 6.61 Å². The zero-order valence-electron chi connectivity index (χ0n) is 10.7. The van der Waals surface area contributed by atoms with E-state index in [4.69, 9.17) is 45.3 Å². The fourth-order valence-corrected chi connectivity index (χ4v) is 2.06. The van der Waals surface area contributed by atoms with Crippen LogP contribution in [0.5, 0.6) is 5.75 Å². The van der Waals surface area contributed by atoms with Crippen LogP contribution in [0.1, 0.15) is 0 Å². The van der Waals surface area contributed by atoms with Crippen LogP contribution in [0.25, 0.3) is 0 Å². The van der Waals surface area contributed by atoms with Crippen molar-refractivity contribution in [3.8, 4) is 5.75 Å². The topological polar surface area (TPSA) is 64.3 Å². The number of anilines is 2. The number of nitrogens with two attached hydrogens (primary N) is 1. The molecule has 110 valence electrons. The Balaban J connectivity index is 1.99. The summed E-state index contributed by atoms with van der Waals surface area (Å²) in [6, 6.07) is 9.54. The van der Waals surface area contributed by atoms with Gasteiger partial charge in [0.2, 0.25) is 0 Å². The molecule has 0 aromatic heterocycles. The molecule has 0 radical (unpaired) electrons. The van der Waals surface area contributed by atoms with Crippen molar-refractivity contribution >= 4 is 52.1 Å². The third-order valence-electron chi connectivity index (χ3n) is 2.54. The first kappa shape index (κ1) is 15.8. The van der Waals surface area contributed by atoms with Crippen LogP contribution in [0.15, 0.2) is 36.4 Å².